The smallest absolute Gasteiger partial charge is 0.330 e. The van der Waals surface area contributed by atoms with Crippen LogP contribution >= 0.6 is 11.3 Å². The molecule has 1 aromatic carbocycles. The molecule has 2 N–H and O–H groups in total. The van der Waals surface area contributed by atoms with Gasteiger partial charge in [-0.3, -0.25) is 5.32 Å². The van der Waals surface area contributed by atoms with Gasteiger partial charge in [0.2, 0.25) is 5.13 Å². The number of urea groups is 1. The molecule has 5 nitrogen and oxygen atoms in total. The van der Waals surface area contributed by atoms with Gasteiger partial charge in [-0.05, 0) is 30.0 Å². The molecule has 2 amide bonds. The summed E-state index contributed by atoms with van der Waals surface area (Å²) in [6, 6.07) is 3.81. The number of carbonyl (C=O) groups excluding carboxylic acids is 1. The van der Waals surface area contributed by atoms with Gasteiger partial charge < -0.3 is 5.32 Å². The van der Waals surface area contributed by atoms with E-state index >= 15 is 0 Å². The molecule has 0 bridgehead atoms. The Morgan fingerprint density at radius 1 is 1.20 bits per heavy atom. The molecule has 0 aliphatic carbocycles. The number of alkyl halides is 3. The number of aryl methyl sites for hydroxylation is 1. The third kappa shape index (κ3) is 5.15. The standard InChI is InChI=1S/C16H19F3N4OS/c1-9-22-23-14(25-9)21-13(24)20-12(15(2,3)4)10-6-5-7-11(8-10)16(17,18)19/h5-8,12H,1-4H3,(H2,20,21,23,24)/t12-/m1/s1. The summed E-state index contributed by atoms with van der Waals surface area (Å²) in [4.78, 5) is 12.2. The predicted molar refractivity (Wildman–Crippen MR) is 90.4 cm³/mol. The molecule has 1 aromatic heterocycles. The minimum atomic E-state index is -4.44. The summed E-state index contributed by atoms with van der Waals surface area (Å²) >= 11 is 1.21. The van der Waals surface area contributed by atoms with Crippen molar-refractivity contribution >= 4 is 22.5 Å². The van der Waals surface area contributed by atoms with Crippen LogP contribution in [0.25, 0.3) is 0 Å². The van der Waals surface area contributed by atoms with E-state index in [1.54, 1.807) is 13.0 Å². The number of nitrogens with zero attached hydrogens (tertiary/aromatic N) is 2. The van der Waals surface area contributed by atoms with Crippen LogP contribution < -0.4 is 10.6 Å². The van der Waals surface area contributed by atoms with Crippen LogP contribution in [-0.2, 0) is 6.18 Å². The van der Waals surface area contributed by atoms with Crippen LogP contribution in [0.15, 0.2) is 24.3 Å². The summed E-state index contributed by atoms with van der Waals surface area (Å²) in [5.41, 5.74) is -0.870. The Morgan fingerprint density at radius 3 is 2.40 bits per heavy atom. The molecule has 0 fully saturated rings. The molecular weight excluding hydrogens is 353 g/mol. The van der Waals surface area contributed by atoms with Gasteiger partial charge in [0.15, 0.2) is 0 Å². The number of carbonyl (C=O) groups is 1. The van der Waals surface area contributed by atoms with Crippen molar-refractivity contribution in [1.82, 2.24) is 15.5 Å². The molecule has 0 aliphatic heterocycles. The number of halogens is 3. The van der Waals surface area contributed by atoms with E-state index in [0.29, 0.717) is 15.7 Å². The number of benzene rings is 1. The van der Waals surface area contributed by atoms with Crippen molar-refractivity contribution in [3.8, 4) is 0 Å². The first kappa shape index (κ1) is 19.2. The zero-order valence-electron chi connectivity index (χ0n) is 14.2. The van der Waals surface area contributed by atoms with Gasteiger partial charge in [-0.25, -0.2) is 4.79 Å². The highest BCUT2D eigenvalue weighted by molar-refractivity contribution is 7.15. The Morgan fingerprint density at radius 2 is 1.88 bits per heavy atom. The Balaban J connectivity index is 2.24. The topological polar surface area (TPSA) is 66.9 Å². The van der Waals surface area contributed by atoms with E-state index in [4.69, 9.17) is 0 Å². The Kier molecular flexibility index (Phi) is 5.36. The first-order chi connectivity index (χ1) is 11.5. The molecule has 2 rings (SSSR count). The van der Waals surface area contributed by atoms with Crippen molar-refractivity contribution in [3.63, 3.8) is 0 Å². The lowest BCUT2D eigenvalue weighted by Gasteiger charge is -2.32. The van der Waals surface area contributed by atoms with E-state index in [1.807, 2.05) is 20.8 Å². The monoisotopic (exact) mass is 372 g/mol. The fourth-order valence-electron chi connectivity index (χ4n) is 2.31. The number of amides is 2. The third-order valence-corrected chi connectivity index (χ3v) is 4.19. The molecule has 136 valence electrons. The summed E-state index contributed by atoms with van der Waals surface area (Å²) in [7, 11) is 0. The maximum absolute atomic E-state index is 13.0. The van der Waals surface area contributed by atoms with Gasteiger partial charge in [0.05, 0.1) is 11.6 Å². The maximum atomic E-state index is 13.0. The Labute approximate surface area is 147 Å². The molecule has 0 aliphatic rings. The summed E-state index contributed by atoms with van der Waals surface area (Å²) < 4.78 is 38.9. The molecular formula is C16H19F3N4OS. The van der Waals surface area contributed by atoms with Gasteiger partial charge in [-0.1, -0.05) is 44.2 Å². The second-order valence-electron chi connectivity index (χ2n) is 6.65. The van der Waals surface area contributed by atoms with Gasteiger partial charge in [0.1, 0.15) is 5.01 Å². The Bertz CT molecular complexity index is 752. The lowest BCUT2D eigenvalue weighted by molar-refractivity contribution is -0.137. The van der Waals surface area contributed by atoms with Crippen molar-refractivity contribution < 1.29 is 18.0 Å². The van der Waals surface area contributed by atoms with Gasteiger partial charge in [0, 0.05) is 0 Å². The zero-order valence-corrected chi connectivity index (χ0v) is 15.0. The molecule has 0 unspecified atom stereocenters. The summed E-state index contributed by atoms with van der Waals surface area (Å²) in [5, 5.41) is 13.9. The van der Waals surface area contributed by atoms with Gasteiger partial charge in [0.25, 0.3) is 0 Å². The average molecular weight is 372 g/mol. The molecule has 25 heavy (non-hydrogen) atoms. The molecule has 1 atom stereocenters. The van der Waals surface area contributed by atoms with Crippen LogP contribution in [0, 0.1) is 12.3 Å². The first-order valence-electron chi connectivity index (χ1n) is 7.51. The lowest BCUT2D eigenvalue weighted by Crippen LogP contribution is -2.39. The highest BCUT2D eigenvalue weighted by atomic mass is 32.1. The molecule has 9 heteroatoms. The van der Waals surface area contributed by atoms with E-state index in [2.05, 4.69) is 20.8 Å². The van der Waals surface area contributed by atoms with E-state index < -0.39 is 29.2 Å². The van der Waals surface area contributed by atoms with E-state index in [1.165, 1.54) is 17.4 Å². The number of hydrogen-bond acceptors (Lipinski definition) is 4. The highest BCUT2D eigenvalue weighted by Gasteiger charge is 2.33. The zero-order chi connectivity index (χ0) is 18.8. The van der Waals surface area contributed by atoms with Crippen LogP contribution in [0.3, 0.4) is 0 Å². The molecule has 1 heterocycles. The number of aromatic nitrogens is 2. The van der Waals surface area contributed by atoms with Crippen LogP contribution in [0.5, 0.6) is 0 Å². The minimum absolute atomic E-state index is 0.326. The average Bonchev–Trinajstić information content (AvgIpc) is 2.88. The number of anilines is 1. The third-order valence-electron chi connectivity index (χ3n) is 3.44. The van der Waals surface area contributed by atoms with Crippen LogP contribution in [0.2, 0.25) is 0 Å². The van der Waals surface area contributed by atoms with Crippen molar-refractivity contribution in [2.24, 2.45) is 5.41 Å². The highest BCUT2D eigenvalue weighted by Crippen LogP contribution is 2.36. The summed E-state index contributed by atoms with van der Waals surface area (Å²) in [6.07, 6.45) is -4.44. The van der Waals surface area contributed by atoms with E-state index in [0.717, 1.165) is 12.1 Å². The number of nitrogens with one attached hydrogen (secondary N) is 2. The molecule has 0 spiro atoms. The minimum Gasteiger partial charge on any atom is -0.330 e. The lowest BCUT2D eigenvalue weighted by atomic mass is 9.82. The predicted octanol–water partition coefficient (Wildman–Crippen LogP) is 4.77. The summed E-state index contributed by atoms with van der Waals surface area (Å²) in [6.45, 7) is 7.27. The second kappa shape index (κ2) is 6.99. The van der Waals surface area contributed by atoms with Gasteiger partial charge in [-0.15, -0.1) is 10.2 Å². The number of hydrogen-bond donors (Lipinski definition) is 2. The summed E-state index contributed by atoms with van der Waals surface area (Å²) in [5.74, 6) is 0. The molecule has 0 saturated heterocycles. The fraction of sp³-hybridized carbons (Fsp3) is 0.438. The fourth-order valence-corrected chi connectivity index (χ4v) is 2.89. The Hall–Kier alpha value is -2.16. The quantitative estimate of drug-likeness (QED) is 0.815. The number of rotatable bonds is 3. The van der Waals surface area contributed by atoms with Gasteiger partial charge >= 0.3 is 12.2 Å². The molecule has 2 aromatic rings. The van der Waals surface area contributed by atoms with Crippen LogP contribution in [-0.4, -0.2) is 16.2 Å². The molecule has 0 saturated carbocycles. The van der Waals surface area contributed by atoms with Gasteiger partial charge in [-0.2, -0.15) is 13.2 Å². The van der Waals surface area contributed by atoms with Crippen molar-refractivity contribution in [2.45, 2.75) is 39.9 Å². The largest absolute Gasteiger partial charge is 0.416 e. The van der Waals surface area contributed by atoms with Crippen LogP contribution in [0.1, 0.15) is 42.9 Å². The normalized spacial score (nSPS) is 13.4. The van der Waals surface area contributed by atoms with E-state index in [9.17, 15) is 18.0 Å². The van der Waals surface area contributed by atoms with Crippen molar-refractivity contribution in [3.05, 3.63) is 40.4 Å². The maximum Gasteiger partial charge on any atom is 0.416 e. The first-order valence-corrected chi connectivity index (χ1v) is 8.33. The SMILES string of the molecule is Cc1nnc(NC(=O)N[C@H](c2cccc(C(F)(F)F)c2)C(C)(C)C)s1. The van der Waals surface area contributed by atoms with Crippen LogP contribution in [0.4, 0.5) is 23.1 Å². The van der Waals surface area contributed by atoms with E-state index in [-0.39, 0.29) is 0 Å². The van der Waals surface area contributed by atoms with Crippen molar-refractivity contribution in [1.29, 1.82) is 0 Å². The molecule has 0 radical (unpaired) electrons. The van der Waals surface area contributed by atoms with Crippen molar-refractivity contribution in [2.75, 3.05) is 5.32 Å². The second-order valence-corrected chi connectivity index (χ2v) is 7.83.